The first-order valence-corrected chi connectivity index (χ1v) is 12.4. The molecule has 0 amide bonds. The number of hydrogen-bond acceptors (Lipinski definition) is 0. The number of rotatable bonds is 3. The van der Waals surface area contributed by atoms with E-state index in [2.05, 4.69) is 38.8 Å². The Hall–Kier alpha value is 0.754. The van der Waals surface area contributed by atoms with Crippen molar-refractivity contribution in [3.63, 3.8) is 0 Å². The van der Waals surface area contributed by atoms with Crippen molar-refractivity contribution in [2.45, 2.75) is 39.5 Å². The lowest BCUT2D eigenvalue weighted by Gasteiger charge is -2.19. The molecule has 4 heteroatoms. The smallest absolute Gasteiger partial charge is 0.162 e. The fraction of sp³-hybridized carbons (Fsp3) is 0.750. The third-order valence-electron chi connectivity index (χ3n) is 1.66. The molecule has 0 aliphatic heterocycles. The van der Waals surface area contributed by atoms with Gasteiger partial charge in [-0.1, -0.05) is 44.0 Å². The maximum absolute atomic E-state index is 6.34. The van der Waals surface area contributed by atoms with Gasteiger partial charge in [-0.25, -0.2) is 0 Å². The van der Waals surface area contributed by atoms with Crippen LogP contribution in [-0.2, 0) is 0 Å². The lowest BCUT2D eigenvalue weighted by molar-refractivity contribution is 1.18. The van der Waals surface area contributed by atoms with Gasteiger partial charge in [-0.3, -0.25) is 0 Å². The molecular weight excluding hydrogens is 223 g/mol. The predicted molar refractivity (Wildman–Crippen MR) is 65.0 cm³/mol. The van der Waals surface area contributed by atoms with E-state index >= 15 is 0 Å². The molecule has 0 radical (unpaired) electrons. The average Bonchev–Trinajstić information content (AvgIpc) is 1.78. The second-order valence-electron chi connectivity index (χ2n) is 4.06. The summed E-state index contributed by atoms with van der Waals surface area (Å²) in [5.74, 6) is 0. The van der Waals surface area contributed by atoms with E-state index in [-0.39, 0.29) is 0 Å². The van der Waals surface area contributed by atoms with Crippen LogP contribution in [0.1, 0.15) is 13.3 Å². The molecule has 0 saturated heterocycles. The third kappa shape index (κ3) is 5.41. The summed E-state index contributed by atoms with van der Waals surface area (Å²) in [5, 5.41) is 1.40. The van der Waals surface area contributed by atoms with Crippen molar-refractivity contribution in [3.05, 3.63) is 10.9 Å². The molecule has 0 rings (SSSR count). The van der Waals surface area contributed by atoms with Crippen LogP contribution in [0.5, 0.6) is 0 Å². The van der Waals surface area contributed by atoms with Crippen LogP contribution in [0.15, 0.2) is 10.9 Å². The maximum atomic E-state index is 6.34. The fourth-order valence-corrected chi connectivity index (χ4v) is 7.00. The highest BCUT2D eigenvalue weighted by Gasteiger charge is 2.25. The van der Waals surface area contributed by atoms with Gasteiger partial charge in [-0.2, -0.15) is 22.2 Å². The minimum Gasteiger partial charge on any atom is -0.162 e. The Morgan fingerprint density at radius 3 is 1.67 bits per heavy atom. The van der Waals surface area contributed by atoms with Gasteiger partial charge in [0.25, 0.3) is 0 Å². The van der Waals surface area contributed by atoms with Crippen LogP contribution >= 0.6 is 22.2 Å². The van der Waals surface area contributed by atoms with E-state index < -0.39 is 14.8 Å². The average molecular weight is 241 g/mol. The van der Waals surface area contributed by atoms with E-state index in [1.54, 1.807) is 0 Å². The molecular formula is C8H18Cl2Si2. The molecule has 0 fully saturated rings. The normalized spacial score (nSPS) is 15.1. The van der Waals surface area contributed by atoms with Crippen LogP contribution in [-0.4, -0.2) is 14.8 Å². The minimum atomic E-state index is -1.61. The molecule has 0 nitrogen and oxygen atoms in total. The summed E-state index contributed by atoms with van der Waals surface area (Å²) in [4.78, 5) is 0. The van der Waals surface area contributed by atoms with E-state index in [0.717, 1.165) is 6.42 Å². The predicted octanol–water partition coefficient (Wildman–Crippen LogP) is 4.29. The van der Waals surface area contributed by atoms with Gasteiger partial charge in [-0.05, 0) is 6.42 Å². The Kier molecular flexibility index (Phi) is 4.58. The van der Waals surface area contributed by atoms with E-state index in [1.807, 2.05) is 0 Å². The molecule has 12 heavy (non-hydrogen) atoms. The monoisotopic (exact) mass is 240 g/mol. The van der Waals surface area contributed by atoms with Crippen molar-refractivity contribution in [3.8, 4) is 0 Å². The zero-order chi connectivity index (χ0) is 9.99. The Morgan fingerprint density at radius 1 is 1.17 bits per heavy atom. The van der Waals surface area contributed by atoms with Gasteiger partial charge in [0.2, 0.25) is 0 Å². The van der Waals surface area contributed by atoms with Crippen molar-refractivity contribution in [2.75, 3.05) is 0 Å². The Morgan fingerprint density at radius 2 is 1.58 bits per heavy atom. The second-order valence-corrected chi connectivity index (χ2v) is 16.8. The van der Waals surface area contributed by atoms with Crippen molar-refractivity contribution in [1.29, 1.82) is 0 Å². The van der Waals surface area contributed by atoms with E-state index in [9.17, 15) is 0 Å². The summed E-state index contributed by atoms with van der Waals surface area (Å²) < 4.78 is 0. The summed E-state index contributed by atoms with van der Waals surface area (Å²) >= 11 is 12.6. The first-order valence-electron chi connectivity index (χ1n) is 4.27. The molecule has 72 valence electrons. The molecule has 0 aromatic rings. The SMILES string of the molecule is CC/C(=C/[Si](C)(C)Cl)[Si](C)(C)Cl. The first kappa shape index (κ1) is 12.8. The summed E-state index contributed by atoms with van der Waals surface area (Å²) in [6.45, 7) is 10.7. The Balaban J connectivity index is 4.68. The summed E-state index contributed by atoms with van der Waals surface area (Å²) in [6, 6.07) is 0. The Labute approximate surface area is 87.4 Å². The van der Waals surface area contributed by atoms with E-state index in [4.69, 9.17) is 22.2 Å². The van der Waals surface area contributed by atoms with Crippen LogP contribution < -0.4 is 0 Å². The third-order valence-corrected chi connectivity index (χ3v) is 6.07. The second kappa shape index (κ2) is 4.31. The minimum absolute atomic E-state index is 1.05. The van der Waals surface area contributed by atoms with Gasteiger partial charge in [-0.15, -0.1) is 0 Å². The largest absolute Gasteiger partial charge is 0.176 e. The zero-order valence-corrected chi connectivity index (χ0v) is 12.1. The standard InChI is InChI=1S/C8H18Cl2Si2/c1-6-8(12(4,5)10)7-11(2,3)9/h7H,6H2,1-5H3/b8-7-. The van der Waals surface area contributed by atoms with Crippen molar-refractivity contribution < 1.29 is 0 Å². The molecule has 0 aliphatic carbocycles. The number of halogens is 2. The highest BCUT2D eigenvalue weighted by molar-refractivity contribution is 7.26. The van der Waals surface area contributed by atoms with Gasteiger partial charge in [0, 0.05) is 0 Å². The molecule has 0 atom stereocenters. The maximum Gasteiger partial charge on any atom is 0.176 e. The highest BCUT2D eigenvalue weighted by Crippen LogP contribution is 2.25. The summed E-state index contributed by atoms with van der Waals surface area (Å²) in [6.07, 6.45) is 1.05. The molecule has 0 heterocycles. The van der Waals surface area contributed by atoms with Crippen molar-refractivity contribution >= 4 is 36.9 Å². The molecule has 0 aliphatic rings. The zero-order valence-electron chi connectivity index (χ0n) is 8.54. The van der Waals surface area contributed by atoms with Gasteiger partial charge in [0.1, 0.15) is 0 Å². The van der Waals surface area contributed by atoms with Crippen molar-refractivity contribution in [2.24, 2.45) is 0 Å². The van der Waals surface area contributed by atoms with Gasteiger partial charge in [0.05, 0.1) is 0 Å². The molecule has 0 bridgehead atoms. The van der Waals surface area contributed by atoms with Crippen molar-refractivity contribution in [1.82, 2.24) is 0 Å². The van der Waals surface area contributed by atoms with Crippen LogP contribution in [0.3, 0.4) is 0 Å². The highest BCUT2D eigenvalue weighted by atomic mass is 35.6. The molecule has 0 saturated carbocycles. The molecule has 0 aromatic heterocycles. The van der Waals surface area contributed by atoms with Crippen LogP contribution in [0.25, 0.3) is 0 Å². The van der Waals surface area contributed by atoms with Crippen LogP contribution in [0.4, 0.5) is 0 Å². The summed E-state index contributed by atoms with van der Waals surface area (Å²) in [5.41, 5.74) is 2.24. The lowest BCUT2D eigenvalue weighted by atomic mass is 10.5. The number of allylic oxidation sites excluding steroid dienone is 1. The molecule has 0 N–H and O–H groups in total. The number of hydrogen-bond donors (Lipinski definition) is 0. The van der Waals surface area contributed by atoms with E-state index in [1.165, 1.54) is 5.20 Å². The van der Waals surface area contributed by atoms with Crippen LogP contribution in [0.2, 0.25) is 26.2 Å². The van der Waals surface area contributed by atoms with Gasteiger partial charge >= 0.3 is 0 Å². The molecule has 0 aromatic carbocycles. The summed E-state index contributed by atoms with van der Waals surface area (Å²) in [7, 11) is -3.20. The van der Waals surface area contributed by atoms with E-state index in [0.29, 0.717) is 0 Å². The molecule has 0 spiro atoms. The van der Waals surface area contributed by atoms with Gasteiger partial charge < -0.3 is 0 Å². The topological polar surface area (TPSA) is 0 Å². The first-order chi connectivity index (χ1) is 5.17. The molecule has 0 unspecified atom stereocenters. The quantitative estimate of drug-likeness (QED) is 0.511. The van der Waals surface area contributed by atoms with Gasteiger partial charge in [0.15, 0.2) is 14.8 Å². The Bertz CT molecular complexity index is 174. The lowest BCUT2D eigenvalue weighted by Crippen LogP contribution is -2.25. The van der Waals surface area contributed by atoms with Crippen LogP contribution in [0, 0.1) is 0 Å². The fourth-order valence-electron chi connectivity index (χ4n) is 1.11.